The smallest absolute Gasteiger partial charge is 0.340 e. The molecule has 0 saturated carbocycles. The lowest BCUT2D eigenvalue weighted by molar-refractivity contribution is -0.134. The summed E-state index contributed by atoms with van der Waals surface area (Å²) < 4.78 is 0. The van der Waals surface area contributed by atoms with Crippen molar-refractivity contribution in [1.29, 1.82) is 0 Å². The van der Waals surface area contributed by atoms with E-state index in [9.17, 15) is 9.59 Å². The average molecular weight is 284 g/mol. The summed E-state index contributed by atoms with van der Waals surface area (Å²) in [4.78, 5) is 34.3. The van der Waals surface area contributed by atoms with Gasteiger partial charge in [0.15, 0.2) is 11.6 Å². The highest BCUT2D eigenvalue weighted by atomic mass is 16.4. The lowest BCUT2D eigenvalue weighted by Gasteiger charge is -2.04. The van der Waals surface area contributed by atoms with Gasteiger partial charge in [-0.25, -0.2) is 14.8 Å². The van der Waals surface area contributed by atoms with E-state index in [4.69, 9.17) is 5.11 Å². The molecule has 0 aromatic carbocycles. The average Bonchev–Trinajstić information content (AvgIpc) is 2.48. The number of nitrogens with zero attached hydrogens (tertiary/aromatic N) is 3. The number of carboxylic acids is 1. The molecule has 0 aliphatic rings. The standard InChI is InChI=1S/C14H12N4O3/c1-9(19)11(14(20)21)8-17-12-4-7-16-13(18-12)10-2-5-15-6-3-10/h2-8H,1H3,(H,20,21)(H,16,17,18). The van der Waals surface area contributed by atoms with E-state index in [1.54, 1.807) is 30.6 Å². The molecule has 0 fully saturated rings. The number of hydrogen-bond donors (Lipinski definition) is 2. The second-order valence-electron chi connectivity index (χ2n) is 4.07. The summed E-state index contributed by atoms with van der Waals surface area (Å²) >= 11 is 0. The lowest BCUT2D eigenvalue weighted by Crippen LogP contribution is -2.11. The van der Waals surface area contributed by atoms with Gasteiger partial charge >= 0.3 is 5.97 Å². The number of carboxylic acid groups (broad SMARTS) is 1. The zero-order valence-corrected chi connectivity index (χ0v) is 11.1. The van der Waals surface area contributed by atoms with E-state index in [0.29, 0.717) is 11.6 Å². The van der Waals surface area contributed by atoms with E-state index in [1.807, 2.05) is 0 Å². The molecule has 0 aliphatic carbocycles. The predicted molar refractivity (Wildman–Crippen MR) is 75.3 cm³/mol. The van der Waals surface area contributed by atoms with Crippen molar-refractivity contribution in [2.24, 2.45) is 0 Å². The van der Waals surface area contributed by atoms with Crippen LogP contribution in [0, 0.1) is 0 Å². The summed E-state index contributed by atoms with van der Waals surface area (Å²) in [6.45, 7) is 1.18. The predicted octanol–water partition coefficient (Wildman–Crippen LogP) is 1.51. The van der Waals surface area contributed by atoms with E-state index < -0.39 is 11.8 Å². The Morgan fingerprint density at radius 2 is 1.90 bits per heavy atom. The molecule has 0 unspecified atom stereocenters. The van der Waals surface area contributed by atoms with Crippen LogP contribution in [-0.2, 0) is 9.59 Å². The summed E-state index contributed by atoms with van der Waals surface area (Å²) in [5.41, 5.74) is 0.432. The summed E-state index contributed by atoms with van der Waals surface area (Å²) in [7, 11) is 0. The van der Waals surface area contributed by atoms with Crippen molar-refractivity contribution in [3.8, 4) is 11.4 Å². The van der Waals surface area contributed by atoms with E-state index in [0.717, 1.165) is 11.8 Å². The molecule has 2 aromatic rings. The summed E-state index contributed by atoms with van der Waals surface area (Å²) in [5.74, 6) is -0.982. The fraction of sp³-hybridized carbons (Fsp3) is 0.0714. The van der Waals surface area contributed by atoms with Crippen molar-refractivity contribution in [3.63, 3.8) is 0 Å². The number of aliphatic carboxylic acids is 1. The van der Waals surface area contributed by atoms with Crippen LogP contribution in [-0.4, -0.2) is 31.8 Å². The maximum Gasteiger partial charge on any atom is 0.340 e. The molecular weight excluding hydrogens is 272 g/mol. The van der Waals surface area contributed by atoms with Crippen LogP contribution < -0.4 is 5.32 Å². The first-order chi connectivity index (χ1) is 10.1. The maximum atomic E-state index is 11.2. The fourth-order valence-corrected chi connectivity index (χ4v) is 1.54. The zero-order chi connectivity index (χ0) is 15.2. The number of ketones is 1. The Kier molecular flexibility index (Phi) is 4.35. The van der Waals surface area contributed by atoms with Gasteiger partial charge < -0.3 is 10.4 Å². The molecule has 0 bridgehead atoms. The van der Waals surface area contributed by atoms with E-state index >= 15 is 0 Å². The number of pyridine rings is 1. The highest BCUT2D eigenvalue weighted by molar-refractivity contribution is 6.15. The second-order valence-corrected chi connectivity index (χ2v) is 4.07. The van der Waals surface area contributed by atoms with Gasteiger partial charge in [-0.15, -0.1) is 0 Å². The van der Waals surface area contributed by atoms with Crippen LogP contribution in [0.4, 0.5) is 5.82 Å². The van der Waals surface area contributed by atoms with Crippen molar-refractivity contribution in [2.45, 2.75) is 6.92 Å². The fourth-order valence-electron chi connectivity index (χ4n) is 1.54. The first kappa shape index (κ1) is 14.3. The van der Waals surface area contributed by atoms with Crippen molar-refractivity contribution in [1.82, 2.24) is 15.0 Å². The molecule has 2 rings (SSSR count). The normalized spacial score (nSPS) is 11.0. The van der Waals surface area contributed by atoms with Gasteiger partial charge in [0.1, 0.15) is 11.4 Å². The molecular formula is C14H12N4O3. The Bertz CT molecular complexity index is 682. The molecule has 2 heterocycles. The van der Waals surface area contributed by atoms with Crippen LogP contribution in [0.25, 0.3) is 11.4 Å². The SMILES string of the molecule is CC(=O)C(=CNc1ccnc(-c2ccncc2)n1)C(=O)O. The number of hydrogen-bond acceptors (Lipinski definition) is 6. The molecule has 0 saturated heterocycles. The maximum absolute atomic E-state index is 11.2. The van der Waals surface area contributed by atoms with Crippen LogP contribution in [0.2, 0.25) is 0 Å². The van der Waals surface area contributed by atoms with Gasteiger partial charge in [-0.1, -0.05) is 0 Å². The number of aromatic nitrogens is 3. The number of anilines is 1. The first-order valence-corrected chi connectivity index (χ1v) is 6.02. The van der Waals surface area contributed by atoms with Crippen molar-refractivity contribution >= 4 is 17.6 Å². The van der Waals surface area contributed by atoms with E-state index in [-0.39, 0.29) is 5.57 Å². The Hall–Kier alpha value is -3.09. The van der Waals surface area contributed by atoms with Gasteiger partial charge in [-0.05, 0) is 25.1 Å². The minimum Gasteiger partial charge on any atom is -0.478 e. The van der Waals surface area contributed by atoms with Crippen molar-refractivity contribution in [2.75, 3.05) is 5.32 Å². The molecule has 0 amide bonds. The molecule has 106 valence electrons. The minimum absolute atomic E-state index is 0.348. The molecule has 7 heteroatoms. The third-order valence-corrected chi connectivity index (χ3v) is 2.57. The van der Waals surface area contributed by atoms with Crippen LogP contribution in [0.5, 0.6) is 0 Å². The molecule has 2 aromatic heterocycles. The number of Topliss-reactive ketones (excluding diaryl/α,β-unsaturated/α-hetero) is 1. The van der Waals surface area contributed by atoms with Gasteiger partial charge in [0.25, 0.3) is 0 Å². The van der Waals surface area contributed by atoms with Crippen LogP contribution in [0.3, 0.4) is 0 Å². The number of rotatable bonds is 5. The van der Waals surface area contributed by atoms with Gasteiger partial charge in [0.05, 0.1) is 0 Å². The minimum atomic E-state index is -1.29. The third-order valence-electron chi connectivity index (χ3n) is 2.57. The summed E-state index contributed by atoms with van der Waals surface area (Å²) in [6.07, 6.45) is 5.89. The summed E-state index contributed by atoms with van der Waals surface area (Å²) in [5, 5.41) is 11.6. The van der Waals surface area contributed by atoms with Crippen molar-refractivity contribution in [3.05, 3.63) is 48.6 Å². The zero-order valence-electron chi connectivity index (χ0n) is 11.1. The quantitative estimate of drug-likeness (QED) is 0.487. The topological polar surface area (TPSA) is 105 Å². The largest absolute Gasteiger partial charge is 0.478 e. The monoisotopic (exact) mass is 284 g/mol. The first-order valence-electron chi connectivity index (χ1n) is 6.02. The molecule has 21 heavy (non-hydrogen) atoms. The molecule has 0 atom stereocenters. The summed E-state index contributed by atoms with van der Waals surface area (Å²) in [6, 6.07) is 5.08. The molecule has 2 N–H and O–H groups in total. The van der Waals surface area contributed by atoms with Gasteiger partial charge in [-0.2, -0.15) is 0 Å². The van der Waals surface area contributed by atoms with E-state index in [1.165, 1.54) is 13.1 Å². The van der Waals surface area contributed by atoms with Gasteiger partial charge in [-0.3, -0.25) is 9.78 Å². The lowest BCUT2D eigenvalue weighted by atomic mass is 10.2. The van der Waals surface area contributed by atoms with Crippen LogP contribution in [0.15, 0.2) is 48.6 Å². The van der Waals surface area contributed by atoms with Crippen LogP contribution in [0.1, 0.15) is 6.92 Å². The van der Waals surface area contributed by atoms with Gasteiger partial charge in [0.2, 0.25) is 0 Å². The Morgan fingerprint density at radius 3 is 2.52 bits per heavy atom. The molecule has 0 aliphatic heterocycles. The second kappa shape index (κ2) is 6.38. The van der Waals surface area contributed by atoms with Crippen molar-refractivity contribution < 1.29 is 14.7 Å². The number of nitrogens with one attached hydrogen (secondary N) is 1. The Labute approximate surface area is 120 Å². The van der Waals surface area contributed by atoms with E-state index in [2.05, 4.69) is 20.3 Å². The molecule has 0 spiro atoms. The molecule has 7 nitrogen and oxygen atoms in total. The van der Waals surface area contributed by atoms with Gasteiger partial charge in [0, 0.05) is 30.4 Å². The highest BCUT2D eigenvalue weighted by Gasteiger charge is 2.12. The molecule has 0 radical (unpaired) electrons. The number of carbonyl (C=O) groups is 2. The Balaban J connectivity index is 2.25. The Morgan fingerprint density at radius 1 is 1.19 bits per heavy atom. The van der Waals surface area contributed by atoms with Crippen LogP contribution >= 0.6 is 0 Å². The number of carbonyl (C=O) groups excluding carboxylic acids is 1. The third kappa shape index (κ3) is 3.69. The highest BCUT2D eigenvalue weighted by Crippen LogP contribution is 2.14.